The molecule has 1 aliphatic rings. The van der Waals surface area contributed by atoms with E-state index in [1.165, 1.54) is 0 Å². The van der Waals surface area contributed by atoms with Crippen LogP contribution in [0.5, 0.6) is 0 Å². The molecule has 2 N–H and O–H groups in total. The van der Waals surface area contributed by atoms with Crippen molar-refractivity contribution >= 4 is 17.6 Å². The number of carbonyl (C=O) groups is 2. The number of methoxy groups -OCH3 is 1. The summed E-state index contributed by atoms with van der Waals surface area (Å²) in [5, 5.41) is 5.34. The standard InChI is InChI=1S/C13H17N3O3/c1-19-7-5-9-4-6-14-11(8-9)16-13(18)10-2-3-12(17)15-10/h4,6,8,10H,2-3,5,7H2,1H3,(H,15,17)(H,14,16,18)/t10-/m0/s1. The van der Waals surface area contributed by atoms with E-state index in [2.05, 4.69) is 15.6 Å². The van der Waals surface area contributed by atoms with Crippen molar-refractivity contribution in [3.8, 4) is 0 Å². The van der Waals surface area contributed by atoms with E-state index in [-0.39, 0.29) is 11.8 Å². The zero-order valence-electron chi connectivity index (χ0n) is 10.8. The summed E-state index contributed by atoms with van der Waals surface area (Å²) in [6.45, 7) is 0.621. The van der Waals surface area contributed by atoms with E-state index in [1.54, 1.807) is 13.3 Å². The molecule has 102 valence electrons. The molecule has 6 heteroatoms. The maximum atomic E-state index is 11.9. The van der Waals surface area contributed by atoms with E-state index in [1.807, 2.05) is 12.1 Å². The number of carbonyl (C=O) groups excluding carboxylic acids is 2. The third-order valence-corrected chi connectivity index (χ3v) is 2.98. The van der Waals surface area contributed by atoms with Gasteiger partial charge in [-0.15, -0.1) is 0 Å². The van der Waals surface area contributed by atoms with Crippen LogP contribution in [0.1, 0.15) is 18.4 Å². The summed E-state index contributed by atoms with van der Waals surface area (Å²) in [6, 6.07) is 3.25. The fraction of sp³-hybridized carbons (Fsp3) is 0.462. The molecule has 1 aromatic heterocycles. The zero-order valence-corrected chi connectivity index (χ0v) is 10.8. The van der Waals surface area contributed by atoms with Crippen molar-refractivity contribution in [2.75, 3.05) is 19.0 Å². The van der Waals surface area contributed by atoms with Crippen molar-refractivity contribution in [2.45, 2.75) is 25.3 Å². The number of nitrogens with zero attached hydrogens (tertiary/aromatic N) is 1. The molecule has 0 aliphatic carbocycles. The molecule has 2 heterocycles. The van der Waals surface area contributed by atoms with Crippen LogP contribution in [0.25, 0.3) is 0 Å². The Morgan fingerprint density at radius 1 is 1.63 bits per heavy atom. The van der Waals surface area contributed by atoms with Gasteiger partial charge in [0.1, 0.15) is 11.9 Å². The molecule has 1 aromatic rings. The highest BCUT2D eigenvalue weighted by molar-refractivity contribution is 5.98. The van der Waals surface area contributed by atoms with Crippen LogP contribution in [0.3, 0.4) is 0 Å². The number of pyridine rings is 1. The zero-order chi connectivity index (χ0) is 13.7. The minimum absolute atomic E-state index is 0.0815. The summed E-state index contributed by atoms with van der Waals surface area (Å²) >= 11 is 0. The second-order valence-corrected chi connectivity index (χ2v) is 4.44. The summed E-state index contributed by atoms with van der Waals surface area (Å²) in [5.41, 5.74) is 1.04. The quantitative estimate of drug-likeness (QED) is 0.810. The Morgan fingerprint density at radius 2 is 2.47 bits per heavy atom. The van der Waals surface area contributed by atoms with Crippen molar-refractivity contribution in [3.63, 3.8) is 0 Å². The predicted octanol–water partition coefficient (Wildman–Crippen LogP) is 0.488. The normalized spacial score (nSPS) is 18.2. The first kappa shape index (κ1) is 13.5. The molecule has 1 fully saturated rings. The first-order valence-corrected chi connectivity index (χ1v) is 6.23. The van der Waals surface area contributed by atoms with E-state index in [0.29, 0.717) is 25.3 Å². The molecule has 1 aliphatic heterocycles. The van der Waals surface area contributed by atoms with E-state index in [0.717, 1.165) is 12.0 Å². The molecule has 0 spiro atoms. The Labute approximate surface area is 111 Å². The predicted molar refractivity (Wildman–Crippen MR) is 69.6 cm³/mol. The molecule has 0 radical (unpaired) electrons. The number of hydrogen-bond acceptors (Lipinski definition) is 4. The number of ether oxygens (including phenoxy) is 1. The SMILES string of the molecule is COCCc1ccnc(NC(=O)[C@@H]2CCC(=O)N2)c1. The van der Waals surface area contributed by atoms with Crippen LogP contribution in [0.4, 0.5) is 5.82 Å². The smallest absolute Gasteiger partial charge is 0.248 e. The Bertz CT molecular complexity index is 476. The third-order valence-electron chi connectivity index (χ3n) is 2.98. The van der Waals surface area contributed by atoms with Crippen LogP contribution < -0.4 is 10.6 Å². The molecule has 1 atom stereocenters. The lowest BCUT2D eigenvalue weighted by molar-refractivity contribution is -0.122. The van der Waals surface area contributed by atoms with Crippen molar-refractivity contribution in [1.29, 1.82) is 0 Å². The Balaban J connectivity index is 1.94. The highest BCUT2D eigenvalue weighted by Gasteiger charge is 2.27. The minimum Gasteiger partial charge on any atom is -0.384 e. The molecule has 19 heavy (non-hydrogen) atoms. The molecule has 0 saturated carbocycles. The summed E-state index contributed by atoms with van der Waals surface area (Å²) in [4.78, 5) is 27.0. The van der Waals surface area contributed by atoms with Gasteiger partial charge >= 0.3 is 0 Å². The van der Waals surface area contributed by atoms with Gasteiger partial charge in [-0.05, 0) is 30.5 Å². The minimum atomic E-state index is -0.447. The van der Waals surface area contributed by atoms with Gasteiger partial charge in [0.15, 0.2) is 0 Å². The Hall–Kier alpha value is -1.95. The second-order valence-electron chi connectivity index (χ2n) is 4.44. The molecular weight excluding hydrogens is 246 g/mol. The van der Waals surface area contributed by atoms with Crippen LogP contribution in [0.15, 0.2) is 18.3 Å². The van der Waals surface area contributed by atoms with Gasteiger partial charge < -0.3 is 15.4 Å². The van der Waals surface area contributed by atoms with Crippen molar-refractivity contribution in [2.24, 2.45) is 0 Å². The van der Waals surface area contributed by atoms with E-state index < -0.39 is 6.04 Å². The topological polar surface area (TPSA) is 80.3 Å². The second kappa shape index (κ2) is 6.29. The number of rotatable bonds is 5. The van der Waals surface area contributed by atoms with Crippen LogP contribution >= 0.6 is 0 Å². The average Bonchev–Trinajstić information content (AvgIpc) is 2.83. The van der Waals surface area contributed by atoms with Gasteiger partial charge in [0.05, 0.1) is 6.61 Å². The summed E-state index contributed by atoms with van der Waals surface area (Å²) in [6.07, 6.45) is 3.35. The summed E-state index contributed by atoms with van der Waals surface area (Å²) in [7, 11) is 1.65. The fourth-order valence-electron chi connectivity index (χ4n) is 1.94. The first-order chi connectivity index (χ1) is 9.19. The summed E-state index contributed by atoms with van der Waals surface area (Å²) in [5.74, 6) is 0.198. The average molecular weight is 263 g/mol. The number of anilines is 1. The molecule has 2 rings (SSSR count). The van der Waals surface area contributed by atoms with Gasteiger partial charge in [-0.3, -0.25) is 9.59 Å². The maximum absolute atomic E-state index is 11.9. The van der Waals surface area contributed by atoms with E-state index >= 15 is 0 Å². The van der Waals surface area contributed by atoms with Crippen LogP contribution in [0.2, 0.25) is 0 Å². The van der Waals surface area contributed by atoms with Crippen LogP contribution in [0, 0.1) is 0 Å². The maximum Gasteiger partial charge on any atom is 0.248 e. The molecule has 0 unspecified atom stereocenters. The van der Waals surface area contributed by atoms with Crippen molar-refractivity contribution < 1.29 is 14.3 Å². The molecule has 0 aromatic carbocycles. The lowest BCUT2D eigenvalue weighted by Crippen LogP contribution is -2.37. The van der Waals surface area contributed by atoms with E-state index in [9.17, 15) is 9.59 Å². The monoisotopic (exact) mass is 263 g/mol. The highest BCUT2D eigenvalue weighted by Crippen LogP contribution is 2.11. The molecule has 0 bridgehead atoms. The van der Waals surface area contributed by atoms with Crippen LogP contribution in [-0.2, 0) is 20.7 Å². The number of amides is 2. The Morgan fingerprint density at radius 3 is 3.16 bits per heavy atom. The fourth-order valence-corrected chi connectivity index (χ4v) is 1.94. The van der Waals surface area contributed by atoms with Gasteiger partial charge in [0.2, 0.25) is 11.8 Å². The number of aromatic nitrogens is 1. The lowest BCUT2D eigenvalue weighted by atomic mass is 10.2. The van der Waals surface area contributed by atoms with Crippen molar-refractivity contribution in [1.82, 2.24) is 10.3 Å². The molecule has 2 amide bonds. The molecule has 1 saturated heterocycles. The Kier molecular flexibility index (Phi) is 4.46. The third kappa shape index (κ3) is 3.75. The molecular formula is C13H17N3O3. The molecule has 6 nitrogen and oxygen atoms in total. The largest absolute Gasteiger partial charge is 0.384 e. The number of nitrogens with one attached hydrogen (secondary N) is 2. The number of hydrogen-bond donors (Lipinski definition) is 2. The van der Waals surface area contributed by atoms with Gasteiger partial charge in [-0.1, -0.05) is 0 Å². The van der Waals surface area contributed by atoms with Gasteiger partial charge in [0, 0.05) is 19.7 Å². The van der Waals surface area contributed by atoms with Gasteiger partial charge in [-0.25, -0.2) is 4.98 Å². The van der Waals surface area contributed by atoms with Gasteiger partial charge in [0.25, 0.3) is 0 Å². The summed E-state index contributed by atoms with van der Waals surface area (Å²) < 4.78 is 5.00. The lowest BCUT2D eigenvalue weighted by Gasteiger charge is -2.11. The first-order valence-electron chi connectivity index (χ1n) is 6.23. The highest BCUT2D eigenvalue weighted by atomic mass is 16.5. The van der Waals surface area contributed by atoms with Crippen molar-refractivity contribution in [3.05, 3.63) is 23.9 Å². The van der Waals surface area contributed by atoms with Gasteiger partial charge in [-0.2, -0.15) is 0 Å². The van der Waals surface area contributed by atoms with E-state index in [4.69, 9.17) is 4.74 Å². The van der Waals surface area contributed by atoms with Crippen LogP contribution in [-0.4, -0.2) is 36.6 Å².